The highest BCUT2D eigenvalue weighted by Crippen LogP contribution is 2.34. The lowest BCUT2D eigenvalue weighted by Crippen LogP contribution is -2.46. The van der Waals surface area contributed by atoms with Crippen molar-refractivity contribution in [2.24, 2.45) is 0 Å². The molecule has 7 nitrogen and oxygen atoms in total. The summed E-state index contributed by atoms with van der Waals surface area (Å²) in [5.41, 5.74) is 2.73. The van der Waals surface area contributed by atoms with E-state index in [4.69, 9.17) is 14.2 Å². The van der Waals surface area contributed by atoms with Gasteiger partial charge in [0.1, 0.15) is 19.0 Å². The molecule has 2 heterocycles. The number of nitrogens with one attached hydrogen (secondary N) is 1. The maximum absolute atomic E-state index is 13.0. The third kappa shape index (κ3) is 5.00. The van der Waals surface area contributed by atoms with E-state index in [0.29, 0.717) is 25.5 Å². The molecule has 1 fully saturated rings. The number of ether oxygens (including phenoxy) is 3. The fourth-order valence-corrected chi connectivity index (χ4v) is 4.28. The van der Waals surface area contributed by atoms with Crippen molar-refractivity contribution >= 4 is 5.91 Å². The van der Waals surface area contributed by atoms with Gasteiger partial charge in [-0.2, -0.15) is 0 Å². The second kappa shape index (κ2) is 10.2. The molecule has 2 aliphatic heterocycles. The van der Waals surface area contributed by atoms with E-state index in [1.807, 2.05) is 55.4 Å². The molecule has 1 unspecified atom stereocenters. The Morgan fingerprint density at radius 2 is 2.00 bits per heavy atom. The van der Waals surface area contributed by atoms with E-state index in [9.17, 15) is 4.79 Å². The van der Waals surface area contributed by atoms with Crippen molar-refractivity contribution in [3.63, 3.8) is 0 Å². The van der Waals surface area contributed by atoms with E-state index in [-0.39, 0.29) is 11.9 Å². The summed E-state index contributed by atoms with van der Waals surface area (Å²) < 4.78 is 17.5. The molecule has 32 heavy (non-hydrogen) atoms. The highest BCUT2D eigenvalue weighted by atomic mass is 16.5. The van der Waals surface area contributed by atoms with Crippen LogP contribution in [-0.2, 0) is 13.2 Å². The normalized spacial score (nSPS) is 18.1. The summed E-state index contributed by atoms with van der Waals surface area (Å²) in [5, 5.41) is 3.40. The van der Waals surface area contributed by atoms with Crippen LogP contribution in [0, 0.1) is 0 Å². The Balaban J connectivity index is 1.42. The van der Waals surface area contributed by atoms with Gasteiger partial charge in [0, 0.05) is 30.3 Å². The number of hydrogen-bond acceptors (Lipinski definition) is 6. The van der Waals surface area contributed by atoms with Crippen molar-refractivity contribution in [2.45, 2.75) is 32.0 Å². The first-order valence-electron chi connectivity index (χ1n) is 11.3. The van der Waals surface area contributed by atoms with Crippen LogP contribution in [0.5, 0.6) is 17.2 Å². The standard InChI is InChI=1S/C25H33N3O4/c1-27(2)12-13-31-23-10-9-18(14-24(23)30-3)17-32-22-8-4-7-20-21(22)16-28(25(20)29)19-6-5-11-26-15-19/h4,7-10,14,19,26H,5-6,11-13,15-17H2,1-3H3. The van der Waals surface area contributed by atoms with Gasteiger partial charge in [-0.15, -0.1) is 0 Å². The number of methoxy groups -OCH3 is 1. The molecular formula is C25H33N3O4. The fourth-order valence-electron chi connectivity index (χ4n) is 4.28. The molecule has 7 heteroatoms. The third-order valence-corrected chi connectivity index (χ3v) is 6.08. The molecule has 1 N–H and O–H groups in total. The second-order valence-electron chi connectivity index (χ2n) is 8.64. The number of benzene rings is 2. The average Bonchev–Trinajstić information content (AvgIpc) is 3.15. The lowest BCUT2D eigenvalue weighted by atomic mass is 10.1. The fraction of sp³-hybridized carbons (Fsp3) is 0.480. The van der Waals surface area contributed by atoms with Crippen LogP contribution in [-0.4, -0.2) is 69.2 Å². The highest BCUT2D eigenvalue weighted by molar-refractivity contribution is 5.99. The number of hydrogen-bond donors (Lipinski definition) is 1. The van der Waals surface area contributed by atoms with E-state index < -0.39 is 0 Å². The van der Waals surface area contributed by atoms with Crippen LogP contribution < -0.4 is 19.5 Å². The van der Waals surface area contributed by atoms with Gasteiger partial charge in [-0.3, -0.25) is 4.79 Å². The monoisotopic (exact) mass is 439 g/mol. The zero-order valence-electron chi connectivity index (χ0n) is 19.2. The van der Waals surface area contributed by atoms with Crippen LogP contribution in [0.2, 0.25) is 0 Å². The van der Waals surface area contributed by atoms with Gasteiger partial charge >= 0.3 is 0 Å². The summed E-state index contributed by atoms with van der Waals surface area (Å²) in [5.74, 6) is 2.29. The van der Waals surface area contributed by atoms with Gasteiger partial charge < -0.3 is 29.3 Å². The molecule has 0 saturated carbocycles. The van der Waals surface area contributed by atoms with Gasteiger partial charge in [0.05, 0.1) is 13.7 Å². The van der Waals surface area contributed by atoms with Crippen LogP contribution >= 0.6 is 0 Å². The molecule has 0 aliphatic carbocycles. The molecular weight excluding hydrogens is 406 g/mol. The van der Waals surface area contributed by atoms with E-state index >= 15 is 0 Å². The molecule has 0 aromatic heterocycles. The van der Waals surface area contributed by atoms with Crippen LogP contribution in [0.3, 0.4) is 0 Å². The van der Waals surface area contributed by atoms with Crippen molar-refractivity contribution in [2.75, 3.05) is 47.4 Å². The predicted octanol–water partition coefficient (Wildman–Crippen LogP) is 2.92. The first-order chi connectivity index (χ1) is 15.6. The van der Waals surface area contributed by atoms with Gasteiger partial charge in [-0.1, -0.05) is 12.1 Å². The maximum atomic E-state index is 13.0. The number of carbonyl (C=O) groups excluding carboxylic acids is 1. The number of fused-ring (bicyclic) bond motifs is 1. The number of likely N-dealkylation sites (N-methyl/N-ethyl adjacent to an activating group) is 1. The topological polar surface area (TPSA) is 63.3 Å². The van der Waals surface area contributed by atoms with Gasteiger partial charge in [-0.05, 0) is 63.3 Å². The minimum atomic E-state index is 0.111. The molecule has 0 radical (unpaired) electrons. The second-order valence-corrected chi connectivity index (χ2v) is 8.64. The Morgan fingerprint density at radius 1 is 1.12 bits per heavy atom. The molecule has 172 valence electrons. The van der Waals surface area contributed by atoms with Crippen LogP contribution in [0.4, 0.5) is 0 Å². The van der Waals surface area contributed by atoms with E-state index in [1.165, 1.54) is 0 Å². The van der Waals surface area contributed by atoms with Gasteiger partial charge in [-0.25, -0.2) is 0 Å². The lowest BCUT2D eigenvalue weighted by Gasteiger charge is -2.31. The quantitative estimate of drug-likeness (QED) is 0.648. The summed E-state index contributed by atoms with van der Waals surface area (Å²) in [6, 6.07) is 11.9. The van der Waals surface area contributed by atoms with Crippen molar-refractivity contribution in [3.8, 4) is 17.2 Å². The van der Waals surface area contributed by atoms with Gasteiger partial charge in [0.15, 0.2) is 11.5 Å². The number of nitrogens with zero attached hydrogens (tertiary/aromatic N) is 2. The van der Waals surface area contributed by atoms with Gasteiger partial charge in [0.25, 0.3) is 5.91 Å². The molecule has 1 atom stereocenters. The molecule has 2 aromatic carbocycles. The minimum Gasteiger partial charge on any atom is -0.493 e. The Hall–Kier alpha value is -2.77. The maximum Gasteiger partial charge on any atom is 0.254 e. The number of piperidine rings is 1. The molecule has 1 amide bonds. The summed E-state index contributed by atoms with van der Waals surface area (Å²) >= 11 is 0. The first-order valence-corrected chi connectivity index (χ1v) is 11.3. The van der Waals surface area contributed by atoms with Crippen molar-refractivity contribution in [1.82, 2.24) is 15.1 Å². The van der Waals surface area contributed by atoms with Crippen LogP contribution in [0.15, 0.2) is 36.4 Å². The lowest BCUT2D eigenvalue weighted by molar-refractivity contribution is 0.0674. The molecule has 2 aliphatic rings. The van der Waals surface area contributed by atoms with Crippen LogP contribution in [0.1, 0.15) is 34.3 Å². The average molecular weight is 440 g/mol. The Labute approximate surface area is 190 Å². The highest BCUT2D eigenvalue weighted by Gasteiger charge is 2.35. The Bertz CT molecular complexity index is 941. The first kappa shape index (κ1) is 22.4. The van der Waals surface area contributed by atoms with Gasteiger partial charge in [0.2, 0.25) is 0 Å². The molecule has 2 aromatic rings. The molecule has 4 rings (SSSR count). The number of rotatable bonds is 9. The van der Waals surface area contributed by atoms with Crippen LogP contribution in [0.25, 0.3) is 0 Å². The zero-order valence-corrected chi connectivity index (χ0v) is 19.2. The predicted molar refractivity (Wildman–Crippen MR) is 124 cm³/mol. The Morgan fingerprint density at radius 3 is 2.75 bits per heavy atom. The van der Waals surface area contributed by atoms with Crippen molar-refractivity contribution < 1.29 is 19.0 Å². The zero-order chi connectivity index (χ0) is 22.5. The molecule has 0 bridgehead atoms. The number of carbonyl (C=O) groups is 1. The minimum absolute atomic E-state index is 0.111. The third-order valence-electron chi connectivity index (χ3n) is 6.08. The van der Waals surface area contributed by atoms with Crippen molar-refractivity contribution in [1.29, 1.82) is 0 Å². The van der Waals surface area contributed by atoms with E-state index in [1.54, 1.807) is 7.11 Å². The van der Waals surface area contributed by atoms with Crippen molar-refractivity contribution in [3.05, 3.63) is 53.1 Å². The van der Waals surface area contributed by atoms with E-state index in [0.717, 1.165) is 60.7 Å². The largest absolute Gasteiger partial charge is 0.493 e. The molecule has 0 spiro atoms. The number of amides is 1. The summed E-state index contributed by atoms with van der Waals surface area (Å²) in [6.07, 6.45) is 2.15. The molecule has 1 saturated heterocycles. The Kier molecular flexibility index (Phi) is 7.17. The van der Waals surface area contributed by atoms with E-state index in [2.05, 4.69) is 10.2 Å². The summed E-state index contributed by atoms with van der Waals surface area (Å²) in [6.45, 7) is 4.32. The summed E-state index contributed by atoms with van der Waals surface area (Å²) in [7, 11) is 5.67. The smallest absolute Gasteiger partial charge is 0.254 e. The summed E-state index contributed by atoms with van der Waals surface area (Å²) in [4.78, 5) is 17.0. The SMILES string of the molecule is COc1cc(COc2cccc3c2CN(C2CCCNC2)C3=O)ccc1OCCN(C)C.